The lowest BCUT2D eigenvalue weighted by atomic mass is 10.2. The molecule has 1 rings (SSSR count). The van der Waals surface area contributed by atoms with E-state index in [2.05, 4.69) is 12.2 Å². The highest BCUT2D eigenvalue weighted by molar-refractivity contribution is 4.82. The Morgan fingerprint density at radius 2 is 2.08 bits per heavy atom. The third-order valence-corrected chi connectivity index (χ3v) is 2.92. The molecule has 1 aliphatic rings. The van der Waals surface area contributed by atoms with E-state index >= 15 is 0 Å². The maximum Gasteiger partial charge on any atom is 0.0693 e. The van der Waals surface area contributed by atoms with E-state index in [4.69, 9.17) is 0 Å². The van der Waals surface area contributed by atoms with Crippen LogP contribution in [0.25, 0.3) is 0 Å². The molecule has 0 saturated heterocycles. The Balaban J connectivity index is 1.93. The third-order valence-electron chi connectivity index (χ3n) is 2.92. The van der Waals surface area contributed by atoms with Crippen molar-refractivity contribution in [2.75, 3.05) is 6.54 Å². The van der Waals surface area contributed by atoms with Crippen molar-refractivity contribution in [1.29, 1.82) is 0 Å². The van der Waals surface area contributed by atoms with Crippen LogP contribution in [0, 0.1) is 0 Å². The van der Waals surface area contributed by atoms with Crippen LogP contribution in [-0.2, 0) is 0 Å². The largest absolute Gasteiger partial charge is 0.392 e. The molecule has 0 spiro atoms. The van der Waals surface area contributed by atoms with Gasteiger partial charge in [0.1, 0.15) is 0 Å². The van der Waals surface area contributed by atoms with E-state index in [0.29, 0.717) is 6.04 Å². The highest BCUT2D eigenvalue weighted by Crippen LogP contribution is 2.18. The predicted molar refractivity (Wildman–Crippen MR) is 55.8 cm³/mol. The highest BCUT2D eigenvalue weighted by atomic mass is 16.3. The second kappa shape index (κ2) is 6.39. The molecular formula is C11H23NO. The number of nitrogens with one attached hydrogen (secondary N) is 1. The molecular weight excluding hydrogens is 162 g/mol. The first-order chi connectivity index (χ1) is 6.34. The molecule has 2 nitrogen and oxygen atoms in total. The van der Waals surface area contributed by atoms with Crippen LogP contribution in [0.2, 0.25) is 0 Å². The molecule has 0 amide bonds. The van der Waals surface area contributed by atoms with Gasteiger partial charge in [0.05, 0.1) is 6.10 Å². The lowest BCUT2D eigenvalue weighted by molar-refractivity contribution is 0.149. The molecule has 13 heavy (non-hydrogen) atoms. The molecule has 0 aliphatic heterocycles. The van der Waals surface area contributed by atoms with Crippen molar-refractivity contribution in [3.05, 3.63) is 0 Å². The van der Waals surface area contributed by atoms with Crippen LogP contribution in [0.5, 0.6) is 0 Å². The molecule has 0 aromatic carbocycles. The fraction of sp³-hybridized carbons (Fsp3) is 1.00. The molecule has 0 heterocycles. The summed E-state index contributed by atoms with van der Waals surface area (Å²) >= 11 is 0. The molecule has 0 aromatic rings. The fourth-order valence-corrected chi connectivity index (χ4v) is 2.02. The lowest BCUT2D eigenvalue weighted by Gasteiger charge is -2.15. The molecule has 1 saturated carbocycles. The van der Waals surface area contributed by atoms with Crippen molar-refractivity contribution in [3.63, 3.8) is 0 Å². The Hall–Kier alpha value is -0.0800. The van der Waals surface area contributed by atoms with Crippen LogP contribution in [0.4, 0.5) is 0 Å². The summed E-state index contributed by atoms with van der Waals surface area (Å²) in [6.07, 6.45) is 8.49. The van der Waals surface area contributed by atoms with Crippen molar-refractivity contribution in [2.45, 2.75) is 64.0 Å². The van der Waals surface area contributed by atoms with Crippen molar-refractivity contribution in [1.82, 2.24) is 5.32 Å². The van der Waals surface area contributed by atoms with Crippen molar-refractivity contribution >= 4 is 0 Å². The molecule has 1 fully saturated rings. The van der Waals surface area contributed by atoms with E-state index in [-0.39, 0.29) is 6.10 Å². The summed E-state index contributed by atoms with van der Waals surface area (Å²) in [5.41, 5.74) is 0. The zero-order valence-electron chi connectivity index (χ0n) is 8.76. The van der Waals surface area contributed by atoms with Gasteiger partial charge in [-0.2, -0.15) is 0 Å². The van der Waals surface area contributed by atoms with E-state index in [9.17, 15) is 5.11 Å². The molecule has 2 N–H and O–H groups in total. The van der Waals surface area contributed by atoms with Gasteiger partial charge in [0, 0.05) is 6.04 Å². The smallest absolute Gasteiger partial charge is 0.0693 e. The number of unbranched alkanes of at least 4 members (excludes halogenated alkanes) is 3. The van der Waals surface area contributed by atoms with Gasteiger partial charge in [0.25, 0.3) is 0 Å². The van der Waals surface area contributed by atoms with Crippen molar-refractivity contribution in [2.24, 2.45) is 0 Å². The van der Waals surface area contributed by atoms with E-state index in [0.717, 1.165) is 19.4 Å². The van der Waals surface area contributed by atoms with Crippen molar-refractivity contribution < 1.29 is 5.11 Å². The molecule has 0 radical (unpaired) electrons. The van der Waals surface area contributed by atoms with Gasteiger partial charge in [-0.3, -0.25) is 0 Å². The summed E-state index contributed by atoms with van der Waals surface area (Å²) in [7, 11) is 0. The summed E-state index contributed by atoms with van der Waals surface area (Å²) in [6, 6.07) is 0.390. The van der Waals surface area contributed by atoms with E-state index in [1.807, 2.05) is 0 Å². The third kappa shape index (κ3) is 4.10. The van der Waals surface area contributed by atoms with Crippen LogP contribution in [0.15, 0.2) is 0 Å². The summed E-state index contributed by atoms with van der Waals surface area (Å²) in [5, 5.41) is 13.0. The standard InChI is InChI=1S/C11H23NO/c1-2-3-4-5-9-12-10-7-6-8-11(10)13/h10-13H,2-9H2,1H3/t10-,11-/m1/s1. The van der Waals surface area contributed by atoms with Crippen LogP contribution < -0.4 is 5.32 Å². The van der Waals surface area contributed by atoms with Gasteiger partial charge in [0.2, 0.25) is 0 Å². The Labute approximate surface area is 81.7 Å². The van der Waals surface area contributed by atoms with E-state index in [1.165, 1.54) is 32.1 Å². The Bertz CT molecular complexity index is 127. The maximum atomic E-state index is 9.53. The number of hydrogen-bond donors (Lipinski definition) is 2. The zero-order valence-corrected chi connectivity index (χ0v) is 8.76. The Morgan fingerprint density at radius 3 is 2.69 bits per heavy atom. The lowest BCUT2D eigenvalue weighted by Crippen LogP contribution is -2.36. The van der Waals surface area contributed by atoms with Crippen LogP contribution in [0.1, 0.15) is 51.9 Å². The quantitative estimate of drug-likeness (QED) is 0.621. The highest BCUT2D eigenvalue weighted by Gasteiger charge is 2.23. The zero-order chi connectivity index (χ0) is 9.52. The first-order valence-electron chi connectivity index (χ1n) is 5.76. The molecule has 0 unspecified atom stereocenters. The van der Waals surface area contributed by atoms with Gasteiger partial charge < -0.3 is 10.4 Å². The maximum absolute atomic E-state index is 9.53. The average molecular weight is 185 g/mol. The summed E-state index contributed by atoms with van der Waals surface area (Å²) in [4.78, 5) is 0. The van der Waals surface area contributed by atoms with Gasteiger partial charge in [-0.15, -0.1) is 0 Å². The number of hydrogen-bond acceptors (Lipinski definition) is 2. The first kappa shape index (κ1) is 11.0. The van der Waals surface area contributed by atoms with Gasteiger partial charge in [-0.05, 0) is 32.2 Å². The van der Waals surface area contributed by atoms with Crippen LogP contribution in [0.3, 0.4) is 0 Å². The monoisotopic (exact) mass is 185 g/mol. The van der Waals surface area contributed by atoms with Gasteiger partial charge in [0.15, 0.2) is 0 Å². The van der Waals surface area contributed by atoms with Crippen LogP contribution in [-0.4, -0.2) is 23.8 Å². The minimum Gasteiger partial charge on any atom is -0.392 e. The molecule has 0 bridgehead atoms. The van der Waals surface area contributed by atoms with Gasteiger partial charge in [-0.25, -0.2) is 0 Å². The Morgan fingerprint density at radius 1 is 1.23 bits per heavy atom. The van der Waals surface area contributed by atoms with Crippen molar-refractivity contribution in [3.8, 4) is 0 Å². The molecule has 0 aromatic heterocycles. The normalized spacial score (nSPS) is 28.2. The van der Waals surface area contributed by atoms with Gasteiger partial charge in [-0.1, -0.05) is 26.2 Å². The van der Waals surface area contributed by atoms with E-state index < -0.39 is 0 Å². The van der Waals surface area contributed by atoms with Crippen LogP contribution >= 0.6 is 0 Å². The molecule has 2 atom stereocenters. The second-order valence-electron chi connectivity index (χ2n) is 4.12. The first-order valence-corrected chi connectivity index (χ1v) is 5.76. The minimum atomic E-state index is -0.0776. The second-order valence-corrected chi connectivity index (χ2v) is 4.12. The Kier molecular flexibility index (Phi) is 5.40. The summed E-state index contributed by atoms with van der Waals surface area (Å²) in [5.74, 6) is 0. The number of aliphatic hydroxyl groups is 1. The van der Waals surface area contributed by atoms with Gasteiger partial charge >= 0.3 is 0 Å². The molecule has 2 heteroatoms. The molecule has 1 aliphatic carbocycles. The number of rotatable bonds is 6. The minimum absolute atomic E-state index is 0.0776. The predicted octanol–water partition coefficient (Wildman–Crippen LogP) is 2.07. The summed E-state index contributed by atoms with van der Waals surface area (Å²) in [6.45, 7) is 3.32. The topological polar surface area (TPSA) is 32.3 Å². The fourth-order valence-electron chi connectivity index (χ4n) is 2.02. The number of aliphatic hydroxyl groups excluding tert-OH is 1. The molecule has 78 valence electrons. The summed E-state index contributed by atoms with van der Waals surface area (Å²) < 4.78 is 0. The average Bonchev–Trinajstić information content (AvgIpc) is 2.52. The van der Waals surface area contributed by atoms with E-state index in [1.54, 1.807) is 0 Å². The SMILES string of the molecule is CCCCCCN[C@@H]1CCC[C@H]1O.